The topological polar surface area (TPSA) is 0 Å². The summed E-state index contributed by atoms with van der Waals surface area (Å²) in [7, 11) is 0. The van der Waals surface area contributed by atoms with E-state index in [9.17, 15) is 0 Å². The molecular weight excluding hydrogens is 144 g/mol. The fourth-order valence-corrected chi connectivity index (χ4v) is 3.06. The van der Waals surface area contributed by atoms with Crippen LogP contribution in [-0.4, -0.2) is 0 Å². The molecule has 2 aliphatic carbocycles. The van der Waals surface area contributed by atoms with Gasteiger partial charge in [-0.1, -0.05) is 51.9 Å². The summed E-state index contributed by atoms with van der Waals surface area (Å²) in [5.74, 6) is 3.43. The van der Waals surface area contributed by atoms with E-state index in [0.29, 0.717) is 0 Å². The minimum Gasteiger partial charge on any atom is -0.0651 e. The first-order valence-electron chi connectivity index (χ1n) is 5.92. The summed E-state index contributed by atoms with van der Waals surface area (Å²) in [4.78, 5) is 0. The maximum Gasteiger partial charge on any atom is -0.0355 e. The zero-order chi connectivity index (χ0) is 8.39. The molecule has 0 heterocycles. The van der Waals surface area contributed by atoms with Crippen molar-refractivity contribution < 1.29 is 0 Å². The van der Waals surface area contributed by atoms with Crippen molar-refractivity contribution >= 4 is 0 Å². The molecule has 2 rings (SSSR count). The summed E-state index contributed by atoms with van der Waals surface area (Å²) in [6.45, 7) is 2.36. The van der Waals surface area contributed by atoms with Crippen molar-refractivity contribution in [1.82, 2.24) is 0 Å². The summed E-state index contributed by atoms with van der Waals surface area (Å²) in [6.07, 6.45) is 12.2. The number of hydrogen-bond donors (Lipinski definition) is 0. The van der Waals surface area contributed by atoms with E-state index in [1.54, 1.807) is 19.3 Å². The first-order valence-corrected chi connectivity index (χ1v) is 5.92. The highest BCUT2D eigenvalue weighted by Crippen LogP contribution is 2.50. The highest BCUT2D eigenvalue weighted by molar-refractivity contribution is 4.90. The summed E-state index contributed by atoms with van der Waals surface area (Å²) >= 11 is 0. The molecular formula is C12H22. The van der Waals surface area contributed by atoms with Crippen molar-refractivity contribution in [3.05, 3.63) is 0 Å². The van der Waals surface area contributed by atoms with Crippen molar-refractivity contribution in [3.8, 4) is 0 Å². The van der Waals surface area contributed by atoms with E-state index in [4.69, 9.17) is 0 Å². The van der Waals surface area contributed by atoms with Crippen LogP contribution in [0.15, 0.2) is 0 Å². The average molecular weight is 166 g/mol. The van der Waals surface area contributed by atoms with Crippen molar-refractivity contribution in [2.24, 2.45) is 17.8 Å². The Morgan fingerprint density at radius 2 is 1.67 bits per heavy atom. The molecule has 12 heavy (non-hydrogen) atoms. The molecule has 0 aliphatic heterocycles. The van der Waals surface area contributed by atoms with Gasteiger partial charge in [-0.3, -0.25) is 0 Å². The van der Waals surface area contributed by atoms with Gasteiger partial charge in [0, 0.05) is 0 Å². The largest absolute Gasteiger partial charge is 0.0651 e. The van der Waals surface area contributed by atoms with E-state index in [2.05, 4.69) is 6.92 Å². The Balaban J connectivity index is 1.79. The molecule has 2 fully saturated rings. The van der Waals surface area contributed by atoms with Crippen molar-refractivity contribution in [2.45, 2.75) is 58.3 Å². The Labute approximate surface area is 76.7 Å². The minimum absolute atomic E-state index is 1.13. The second kappa shape index (κ2) is 3.81. The highest BCUT2D eigenvalue weighted by Gasteiger charge is 2.40. The fraction of sp³-hybridized carbons (Fsp3) is 1.00. The lowest BCUT2D eigenvalue weighted by atomic mass is 9.93. The van der Waals surface area contributed by atoms with Crippen LogP contribution >= 0.6 is 0 Å². The van der Waals surface area contributed by atoms with Crippen LogP contribution in [0.3, 0.4) is 0 Å². The van der Waals surface area contributed by atoms with Gasteiger partial charge >= 0.3 is 0 Å². The molecule has 2 unspecified atom stereocenters. The second-order valence-electron chi connectivity index (χ2n) is 4.82. The van der Waals surface area contributed by atoms with Gasteiger partial charge < -0.3 is 0 Å². The summed E-state index contributed by atoms with van der Waals surface area (Å²) < 4.78 is 0. The van der Waals surface area contributed by atoms with Gasteiger partial charge in [-0.25, -0.2) is 0 Å². The summed E-state index contributed by atoms with van der Waals surface area (Å²) in [6, 6.07) is 0. The van der Waals surface area contributed by atoms with Crippen LogP contribution in [-0.2, 0) is 0 Å². The molecule has 0 amide bonds. The second-order valence-corrected chi connectivity index (χ2v) is 4.82. The van der Waals surface area contributed by atoms with Crippen molar-refractivity contribution in [1.29, 1.82) is 0 Å². The Bertz CT molecular complexity index is 131. The van der Waals surface area contributed by atoms with Crippen molar-refractivity contribution in [2.75, 3.05) is 0 Å². The third-order valence-corrected chi connectivity index (χ3v) is 4.01. The van der Waals surface area contributed by atoms with Gasteiger partial charge in [-0.15, -0.1) is 0 Å². The van der Waals surface area contributed by atoms with Crippen LogP contribution < -0.4 is 0 Å². The van der Waals surface area contributed by atoms with Gasteiger partial charge in [0.1, 0.15) is 0 Å². The van der Waals surface area contributed by atoms with Crippen LogP contribution in [0.4, 0.5) is 0 Å². The van der Waals surface area contributed by atoms with Gasteiger partial charge in [-0.05, 0) is 24.2 Å². The monoisotopic (exact) mass is 166 g/mol. The standard InChI is InChI=1S/C12H22/c1-2-10-9-12(10)11-7-5-3-4-6-8-11/h10-12H,2-9H2,1H3. The first-order chi connectivity index (χ1) is 5.92. The zero-order valence-electron chi connectivity index (χ0n) is 8.39. The molecule has 0 heteroatoms. The average Bonchev–Trinajstić information content (AvgIpc) is 2.89. The number of hydrogen-bond acceptors (Lipinski definition) is 0. The Kier molecular flexibility index (Phi) is 2.73. The van der Waals surface area contributed by atoms with Crippen LogP contribution in [0.5, 0.6) is 0 Å². The maximum absolute atomic E-state index is 2.36. The molecule has 2 atom stereocenters. The molecule has 0 aromatic carbocycles. The molecule has 0 N–H and O–H groups in total. The molecule has 2 saturated carbocycles. The number of rotatable bonds is 2. The molecule has 2 aliphatic rings. The normalized spacial score (nSPS) is 37.8. The predicted octanol–water partition coefficient (Wildman–Crippen LogP) is 4.00. The lowest BCUT2D eigenvalue weighted by molar-refractivity contribution is 0.383. The van der Waals surface area contributed by atoms with Crippen LogP contribution in [0, 0.1) is 17.8 Å². The lowest BCUT2D eigenvalue weighted by Gasteiger charge is -2.12. The maximum atomic E-state index is 2.36. The molecule has 0 bridgehead atoms. The van der Waals surface area contributed by atoms with E-state index in [-0.39, 0.29) is 0 Å². The molecule has 70 valence electrons. The Hall–Kier alpha value is 0. The smallest absolute Gasteiger partial charge is 0.0355 e. The molecule has 0 spiro atoms. The Morgan fingerprint density at radius 1 is 1.00 bits per heavy atom. The van der Waals surface area contributed by atoms with Gasteiger partial charge in [0.2, 0.25) is 0 Å². The highest BCUT2D eigenvalue weighted by atomic mass is 14.5. The van der Waals surface area contributed by atoms with E-state index in [0.717, 1.165) is 17.8 Å². The molecule has 0 aromatic heterocycles. The van der Waals surface area contributed by atoms with Crippen LogP contribution in [0.1, 0.15) is 58.3 Å². The van der Waals surface area contributed by atoms with Crippen LogP contribution in [0.2, 0.25) is 0 Å². The minimum atomic E-state index is 1.13. The molecule has 0 radical (unpaired) electrons. The Morgan fingerprint density at radius 3 is 2.17 bits per heavy atom. The molecule has 0 aromatic rings. The van der Waals surface area contributed by atoms with Gasteiger partial charge in [0.25, 0.3) is 0 Å². The summed E-state index contributed by atoms with van der Waals surface area (Å²) in [5, 5.41) is 0. The SMILES string of the molecule is CCC1CC1C1CCCCCC1. The molecule has 0 nitrogen and oxygen atoms in total. The third kappa shape index (κ3) is 1.84. The third-order valence-electron chi connectivity index (χ3n) is 4.01. The van der Waals surface area contributed by atoms with Gasteiger partial charge in [0.05, 0.1) is 0 Å². The summed E-state index contributed by atoms with van der Waals surface area (Å²) in [5.41, 5.74) is 0. The van der Waals surface area contributed by atoms with E-state index in [1.807, 2.05) is 0 Å². The quantitative estimate of drug-likeness (QED) is 0.544. The lowest BCUT2D eigenvalue weighted by Crippen LogP contribution is -2.02. The van der Waals surface area contributed by atoms with Crippen LogP contribution in [0.25, 0.3) is 0 Å². The van der Waals surface area contributed by atoms with E-state index in [1.165, 1.54) is 32.1 Å². The predicted molar refractivity (Wildman–Crippen MR) is 53.1 cm³/mol. The van der Waals surface area contributed by atoms with Gasteiger partial charge in [0.15, 0.2) is 0 Å². The van der Waals surface area contributed by atoms with Crippen molar-refractivity contribution in [3.63, 3.8) is 0 Å². The first kappa shape index (κ1) is 8.59. The fourth-order valence-electron chi connectivity index (χ4n) is 3.06. The molecule has 0 saturated heterocycles. The van der Waals surface area contributed by atoms with E-state index < -0.39 is 0 Å². The van der Waals surface area contributed by atoms with Gasteiger partial charge in [-0.2, -0.15) is 0 Å². The zero-order valence-corrected chi connectivity index (χ0v) is 8.39. The van der Waals surface area contributed by atoms with E-state index >= 15 is 0 Å².